The summed E-state index contributed by atoms with van der Waals surface area (Å²) < 4.78 is 1.51. The number of hydrogen-bond donors (Lipinski definition) is 2. The quantitative estimate of drug-likeness (QED) is 0.821. The Labute approximate surface area is 132 Å². The van der Waals surface area contributed by atoms with Crippen molar-refractivity contribution in [2.45, 2.75) is 19.6 Å². The Morgan fingerprint density at radius 1 is 1.30 bits per heavy atom. The second-order valence-corrected chi connectivity index (χ2v) is 6.19. The Hall–Kier alpha value is -2.48. The molecule has 1 saturated heterocycles. The minimum absolute atomic E-state index is 0.129. The molecule has 2 unspecified atom stereocenters. The maximum absolute atomic E-state index is 10.9. The lowest BCUT2D eigenvalue weighted by atomic mass is 10.2. The van der Waals surface area contributed by atoms with Crippen LogP contribution in [0.3, 0.4) is 0 Å². The third-order valence-electron chi connectivity index (χ3n) is 4.57. The predicted octanol–water partition coefficient (Wildman–Crippen LogP) is 0.368. The van der Waals surface area contributed by atoms with Crippen LogP contribution >= 0.6 is 0 Å². The summed E-state index contributed by atoms with van der Waals surface area (Å²) in [6.45, 7) is 2.14. The number of carbonyl (C=O) groups is 1. The van der Waals surface area contributed by atoms with Gasteiger partial charge in [0.05, 0.1) is 30.6 Å². The van der Waals surface area contributed by atoms with Crippen molar-refractivity contribution in [3.63, 3.8) is 0 Å². The van der Waals surface area contributed by atoms with Crippen LogP contribution in [-0.2, 0) is 13.2 Å². The Bertz CT molecular complexity index is 749. The van der Waals surface area contributed by atoms with Crippen LogP contribution in [0.4, 0.5) is 5.95 Å². The number of hydrogen-bond acceptors (Lipinski definition) is 6. The smallest absolute Gasteiger partial charge is 0.338 e. The fraction of sp³-hybridized carbons (Fsp3) is 0.467. The fourth-order valence-electron chi connectivity index (χ4n) is 3.15. The molecule has 0 aromatic carbocycles. The second kappa shape index (κ2) is 5.31. The lowest BCUT2D eigenvalue weighted by molar-refractivity contribution is 0.0696. The Balaban J connectivity index is 1.54. The molecule has 2 atom stereocenters. The van der Waals surface area contributed by atoms with Gasteiger partial charge in [0, 0.05) is 31.0 Å². The second-order valence-electron chi connectivity index (χ2n) is 6.19. The molecule has 2 N–H and O–H groups in total. The lowest BCUT2D eigenvalue weighted by Gasteiger charge is -2.19. The summed E-state index contributed by atoms with van der Waals surface area (Å²) in [5.41, 5.74) is 1.42. The molecule has 0 radical (unpaired) electrons. The first-order chi connectivity index (χ1) is 11.1. The molecule has 0 amide bonds. The van der Waals surface area contributed by atoms with E-state index < -0.39 is 5.97 Å². The molecule has 2 fully saturated rings. The van der Waals surface area contributed by atoms with Gasteiger partial charge in [-0.05, 0) is 18.3 Å². The third-order valence-corrected chi connectivity index (χ3v) is 4.57. The molecule has 4 rings (SSSR count). The average Bonchev–Trinajstić information content (AvgIpc) is 2.97. The highest BCUT2D eigenvalue weighted by atomic mass is 16.4. The Kier molecular flexibility index (Phi) is 3.26. The van der Waals surface area contributed by atoms with Gasteiger partial charge in [-0.1, -0.05) is 0 Å². The Morgan fingerprint density at radius 3 is 2.74 bits per heavy atom. The van der Waals surface area contributed by atoms with Gasteiger partial charge in [0.25, 0.3) is 0 Å². The van der Waals surface area contributed by atoms with Crippen molar-refractivity contribution < 1.29 is 15.0 Å². The van der Waals surface area contributed by atoms with Crippen LogP contribution in [0.5, 0.6) is 0 Å². The number of fused-ring (bicyclic) bond motifs is 1. The number of aliphatic hydroxyl groups is 1. The summed E-state index contributed by atoms with van der Waals surface area (Å²) >= 11 is 0. The van der Waals surface area contributed by atoms with E-state index >= 15 is 0 Å². The van der Waals surface area contributed by atoms with Crippen molar-refractivity contribution in [1.82, 2.24) is 19.7 Å². The fourth-order valence-corrected chi connectivity index (χ4v) is 3.15. The van der Waals surface area contributed by atoms with Crippen LogP contribution in [0.2, 0.25) is 0 Å². The number of carboxylic acid groups (broad SMARTS) is 1. The molecule has 3 heterocycles. The first-order valence-electron chi connectivity index (χ1n) is 7.60. The van der Waals surface area contributed by atoms with Gasteiger partial charge in [0.2, 0.25) is 5.95 Å². The number of piperidine rings is 1. The van der Waals surface area contributed by atoms with Crippen LogP contribution in [0.25, 0.3) is 0 Å². The van der Waals surface area contributed by atoms with Gasteiger partial charge in [-0.15, -0.1) is 0 Å². The van der Waals surface area contributed by atoms with Crippen LogP contribution in [-0.4, -0.2) is 49.0 Å². The molecule has 1 saturated carbocycles. The number of anilines is 1. The molecule has 8 heteroatoms. The van der Waals surface area contributed by atoms with E-state index in [2.05, 4.69) is 20.0 Å². The van der Waals surface area contributed by atoms with Crippen LogP contribution in [0.1, 0.15) is 28.0 Å². The standard InChI is InChI=1S/C15H17N5O3/c21-8-13-11(6-20-7-12(3-17-20)14(22)23)2-16-15(18-13)19-4-9-1-10(9)5-19/h2-3,7,9-10,21H,1,4-6,8H2,(H,22,23). The summed E-state index contributed by atoms with van der Waals surface area (Å²) in [5.74, 6) is 1.22. The van der Waals surface area contributed by atoms with E-state index in [1.54, 1.807) is 6.20 Å². The van der Waals surface area contributed by atoms with E-state index in [-0.39, 0.29) is 12.2 Å². The zero-order valence-corrected chi connectivity index (χ0v) is 12.5. The number of nitrogens with zero attached hydrogens (tertiary/aromatic N) is 5. The molecule has 1 aliphatic heterocycles. The average molecular weight is 315 g/mol. The largest absolute Gasteiger partial charge is 0.478 e. The monoisotopic (exact) mass is 315 g/mol. The summed E-state index contributed by atoms with van der Waals surface area (Å²) in [6, 6.07) is 0. The number of aliphatic hydroxyl groups excluding tert-OH is 1. The molecular weight excluding hydrogens is 298 g/mol. The summed E-state index contributed by atoms with van der Waals surface area (Å²) in [7, 11) is 0. The van der Waals surface area contributed by atoms with Crippen molar-refractivity contribution in [2.75, 3.05) is 18.0 Å². The molecule has 0 bridgehead atoms. The molecule has 2 aromatic rings. The van der Waals surface area contributed by atoms with E-state index in [1.807, 2.05) is 0 Å². The number of rotatable bonds is 5. The maximum Gasteiger partial charge on any atom is 0.338 e. The lowest BCUT2D eigenvalue weighted by Crippen LogP contribution is -2.25. The van der Waals surface area contributed by atoms with Gasteiger partial charge < -0.3 is 15.1 Å². The van der Waals surface area contributed by atoms with E-state index in [9.17, 15) is 9.90 Å². The van der Waals surface area contributed by atoms with E-state index in [1.165, 1.54) is 23.5 Å². The van der Waals surface area contributed by atoms with E-state index in [0.29, 0.717) is 18.2 Å². The Morgan fingerprint density at radius 2 is 2.09 bits per heavy atom. The highest BCUT2D eigenvalue weighted by Crippen LogP contribution is 2.45. The topological polar surface area (TPSA) is 104 Å². The van der Waals surface area contributed by atoms with E-state index in [4.69, 9.17) is 5.11 Å². The summed E-state index contributed by atoms with van der Waals surface area (Å²) in [4.78, 5) is 21.9. The van der Waals surface area contributed by atoms with Crippen molar-refractivity contribution in [2.24, 2.45) is 11.8 Å². The molecule has 1 aliphatic carbocycles. The van der Waals surface area contributed by atoms with Crippen LogP contribution in [0, 0.1) is 11.8 Å². The molecule has 2 aromatic heterocycles. The molecule has 23 heavy (non-hydrogen) atoms. The minimum Gasteiger partial charge on any atom is -0.478 e. The van der Waals surface area contributed by atoms with E-state index in [0.717, 1.165) is 30.5 Å². The highest BCUT2D eigenvalue weighted by molar-refractivity contribution is 5.86. The zero-order chi connectivity index (χ0) is 16.0. The van der Waals surface area contributed by atoms with Gasteiger partial charge >= 0.3 is 5.97 Å². The first kappa shape index (κ1) is 14.1. The van der Waals surface area contributed by atoms with Crippen LogP contribution < -0.4 is 4.90 Å². The van der Waals surface area contributed by atoms with Crippen molar-refractivity contribution in [3.05, 3.63) is 35.4 Å². The van der Waals surface area contributed by atoms with Crippen LogP contribution in [0.15, 0.2) is 18.6 Å². The van der Waals surface area contributed by atoms with Gasteiger partial charge in [-0.2, -0.15) is 5.10 Å². The SMILES string of the molecule is O=C(O)c1cnn(Cc2cnc(N3CC4CC4C3)nc2CO)c1. The van der Waals surface area contributed by atoms with Crippen molar-refractivity contribution >= 4 is 11.9 Å². The maximum atomic E-state index is 10.9. The molecule has 0 spiro atoms. The van der Waals surface area contributed by atoms with Gasteiger partial charge in [0.15, 0.2) is 0 Å². The predicted molar refractivity (Wildman–Crippen MR) is 80.1 cm³/mol. The summed E-state index contributed by atoms with van der Waals surface area (Å²) in [5, 5.41) is 22.5. The number of carboxylic acids is 1. The highest BCUT2D eigenvalue weighted by Gasteiger charge is 2.45. The first-order valence-corrected chi connectivity index (χ1v) is 7.60. The minimum atomic E-state index is -1.02. The zero-order valence-electron chi connectivity index (χ0n) is 12.5. The van der Waals surface area contributed by atoms with Crippen molar-refractivity contribution in [1.29, 1.82) is 0 Å². The molecular formula is C15H17N5O3. The summed E-state index contributed by atoms with van der Waals surface area (Å²) in [6.07, 6.45) is 5.75. The molecule has 2 aliphatic rings. The third kappa shape index (κ3) is 2.65. The van der Waals surface area contributed by atoms with Crippen molar-refractivity contribution in [3.8, 4) is 0 Å². The molecule has 120 valence electrons. The van der Waals surface area contributed by atoms with Gasteiger partial charge in [0.1, 0.15) is 0 Å². The number of aromatic nitrogens is 4. The van der Waals surface area contributed by atoms with Gasteiger partial charge in [-0.25, -0.2) is 14.8 Å². The van der Waals surface area contributed by atoms with Gasteiger partial charge in [-0.3, -0.25) is 4.68 Å². The number of aromatic carboxylic acids is 1. The normalized spacial score (nSPS) is 22.2. The molecule has 8 nitrogen and oxygen atoms in total.